The Balaban J connectivity index is 1.50. The van der Waals surface area contributed by atoms with Crippen molar-refractivity contribution in [2.24, 2.45) is 0 Å². The van der Waals surface area contributed by atoms with E-state index in [0.717, 1.165) is 49.7 Å². The van der Waals surface area contributed by atoms with Gasteiger partial charge in [-0.05, 0) is 32.4 Å². The van der Waals surface area contributed by atoms with Crippen LogP contribution in [0.2, 0.25) is 0 Å². The summed E-state index contributed by atoms with van der Waals surface area (Å²) in [6, 6.07) is 12.7. The van der Waals surface area contributed by atoms with Crippen LogP contribution in [0.3, 0.4) is 0 Å². The summed E-state index contributed by atoms with van der Waals surface area (Å²) in [5.74, 6) is 0.219. The van der Waals surface area contributed by atoms with Crippen molar-refractivity contribution < 1.29 is 9.53 Å². The van der Waals surface area contributed by atoms with Gasteiger partial charge in [-0.25, -0.2) is 0 Å². The Bertz CT molecular complexity index is 849. The SMILES string of the molecule is COC[C@H](C)n1c(C)cc(C(=O)CN2CCN(C/C=C/c3ccccc3)CC2)c1C. The van der Waals surface area contributed by atoms with E-state index in [1.165, 1.54) is 5.56 Å². The van der Waals surface area contributed by atoms with Gasteiger partial charge in [0.1, 0.15) is 0 Å². The van der Waals surface area contributed by atoms with Crippen LogP contribution in [0.15, 0.2) is 42.5 Å². The fourth-order valence-corrected chi connectivity index (χ4v) is 4.37. The number of ether oxygens (including phenoxy) is 1. The third kappa shape index (κ3) is 5.69. The number of hydrogen-bond donors (Lipinski definition) is 0. The molecule has 1 aliphatic heterocycles. The number of benzene rings is 1. The van der Waals surface area contributed by atoms with Gasteiger partial charge in [-0.2, -0.15) is 0 Å². The van der Waals surface area contributed by atoms with Gasteiger partial charge in [0.05, 0.1) is 19.2 Å². The van der Waals surface area contributed by atoms with Crippen molar-refractivity contribution in [2.75, 3.05) is 53.0 Å². The van der Waals surface area contributed by atoms with E-state index in [2.05, 4.69) is 64.6 Å². The molecular weight excluding hydrogens is 374 g/mol. The first kappa shape index (κ1) is 22.5. The second kappa shape index (κ2) is 10.7. The topological polar surface area (TPSA) is 37.7 Å². The second-order valence-electron chi connectivity index (χ2n) is 8.27. The first-order valence-electron chi connectivity index (χ1n) is 10.9. The monoisotopic (exact) mass is 409 g/mol. The maximum atomic E-state index is 13.0. The van der Waals surface area contributed by atoms with Crippen LogP contribution in [0.1, 0.15) is 40.3 Å². The molecule has 1 atom stereocenters. The van der Waals surface area contributed by atoms with Gasteiger partial charge >= 0.3 is 0 Å². The maximum absolute atomic E-state index is 13.0. The molecule has 1 aliphatic rings. The highest BCUT2D eigenvalue weighted by Crippen LogP contribution is 2.21. The lowest BCUT2D eigenvalue weighted by Gasteiger charge is -2.33. The molecule has 0 amide bonds. The minimum atomic E-state index is 0.219. The third-order valence-electron chi connectivity index (χ3n) is 5.94. The van der Waals surface area contributed by atoms with Crippen LogP contribution in [-0.4, -0.2) is 73.1 Å². The minimum absolute atomic E-state index is 0.219. The van der Waals surface area contributed by atoms with E-state index in [-0.39, 0.29) is 11.8 Å². The summed E-state index contributed by atoms with van der Waals surface area (Å²) < 4.78 is 7.51. The van der Waals surface area contributed by atoms with Gasteiger partial charge in [0.2, 0.25) is 0 Å². The van der Waals surface area contributed by atoms with Crippen molar-refractivity contribution in [1.29, 1.82) is 0 Å². The highest BCUT2D eigenvalue weighted by Gasteiger charge is 2.22. The van der Waals surface area contributed by atoms with Gasteiger partial charge in [0.15, 0.2) is 5.78 Å². The van der Waals surface area contributed by atoms with Crippen molar-refractivity contribution in [3.8, 4) is 0 Å². The molecule has 0 N–H and O–H groups in total. The summed E-state index contributed by atoms with van der Waals surface area (Å²) in [5.41, 5.74) is 4.25. The number of hydrogen-bond acceptors (Lipinski definition) is 4. The number of aromatic nitrogens is 1. The van der Waals surface area contributed by atoms with Crippen LogP contribution in [0.25, 0.3) is 6.08 Å². The molecular formula is C25H35N3O2. The van der Waals surface area contributed by atoms with Gasteiger partial charge in [-0.3, -0.25) is 14.6 Å². The van der Waals surface area contributed by atoms with Gasteiger partial charge in [-0.15, -0.1) is 0 Å². The molecule has 0 saturated carbocycles. The number of methoxy groups -OCH3 is 1. The van der Waals surface area contributed by atoms with E-state index in [1.807, 2.05) is 19.1 Å². The highest BCUT2D eigenvalue weighted by atomic mass is 16.5. The average Bonchev–Trinajstić information content (AvgIpc) is 3.04. The van der Waals surface area contributed by atoms with Crippen LogP contribution in [0, 0.1) is 13.8 Å². The van der Waals surface area contributed by atoms with E-state index in [0.29, 0.717) is 13.2 Å². The van der Waals surface area contributed by atoms with Crippen LogP contribution >= 0.6 is 0 Å². The van der Waals surface area contributed by atoms with Crippen molar-refractivity contribution in [2.45, 2.75) is 26.8 Å². The molecule has 162 valence electrons. The van der Waals surface area contributed by atoms with Crippen LogP contribution < -0.4 is 0 Å². The Morgan fingerprint density at radius 1 is 1.10 bits per heavy atom. The zero-order chi connectivity index (χ0) is 21.5. The van der Waals surface area contributed by atoms with Gasteiger partial charge in [-0.1, -0.05) is 42.5 Å². The quantitative estimate of drug-likeness (QED) is 0.590. The largest absolute Gasteiger partial charge is 0.383 e. The van der Waals surface area contributed by atoms with Gasteiger partial charge in [0, 0.05) is 56.8 Å². The Morgan fingerprint density at radius 2 is 1.77 bits per heavy atom. The van der Waals surface area contributed by atoms with Crippen molar-refractivity contribution in [1.82, 2.24) is 14.4 Å². The molecule has 3 rings (SSSR count). The highest BCUT2D eigenvalue weighted by molar-refractivity contribution is 5.99. The minimum Gasteiger partial charge on any atom is -0.383 e. The Morgan fingerprint density at radius 3 is 2.43 bits per heavy atom. The third-order valence-corrected chi connectivity index (χ3v) is 5.94. The molecule has 1 saturated heterocycles. The molecule has 1 aromatic carbocycles. The summed E-state index contributed by atoms with van der Waals surface area (Å²) in [6.45, 7) is 12.2. The predicted octanol–water partition coefficient (Wildman–Crippen LogP) is 3.83. The Labute approximate surface area is 180 Å². The Hall–Kier alpha value is -2.21. The molecule has 0 bridgehead atoms. The van der Waals surface area contributed by atoms with Crippen molar-refractivity contribution in [3.05, 3.63) is 65.0 Å². The van der Waals surface area contributed by atoms with Gasteiger partial charge in [0.25, 0.3) is 0 Å². The molecule has 0 aliphatic carbocycles. The molecule has 5 heteroatoms. The lowest BCUT2D eigenvalue weighted by molar-refractivity contribution is 0.0864. The summed E-state index contributed by atoms with van der Waals surface area (Å²) in [4.78, 5) is 17.7. The van der Waals surface area contributed by atoms with E-state index >= 15 is 0 Å². The van der Waals surface area contributed by atoms with Crippen molar-refractivity contribution in [3.63, 3.8) is 0 Å². The van der Waals surface area contributed by atoms with E-state index in [1.54, 1.807) is 7.11 Å². The molecule has 0 radical (unpaired) electrons. The number of piperazine rings is 1. The van der Waals surface area contributed by atoms with Crippen LogP contribution in [0.4, 0.5) is 0 Å². The number of carbonyl (C=O) groups is 1. The number of carbonyl (C=O) groups excluding carboxylic acids is 1. The standard InChI is InChI=1S/C25H35N3O2/c1-20-17-24(22(3)28(20)21(2)19-30-4)25(29)18-27-15-13-26(14-16-27)12-8-11-23-9-6-5-7-10-23/h5-11,17,21H,12-16,18-19H2,1-4H3/b11-8+/t21-/m0/s1. The van der Waals surface area contributed by atoms with E-state index in [4.69, 9.17) is 4.74 Å². The fourth-order valence-electron chi connectivity index (χ4n) is 4.37. The number of ketones is 1. The number of nitrogens with zero attached hydrogens (tertiary/aromatic N) is 3. The lowest BCUT2D eigenvalue weighted by Crippen LogP contribution is -2.47. The van der Waals surface area contributed by atoms with E-state index in [9.17, 15) is 4.79 Å². The summed E-state index contributed by atoms with van der Waals surface area (Å²) in [5, 5.41) is 0. The molecule has 0 unspecified atom stereocenters. The predicted molar refractivity (Wildman–Crippen MR) is 123 cm³/mol. The van der Waals surface area contributed by atoms with Crippen LogP contribution in [0.5, 0.6) is 0 Å². The zero-order valence-electron chi connectivity index (χ0n) is 18.8. The Kier molecular flexibility index (Phi) is 8.02. The molecule has 2 heterocycles. The number of Topliss-reactive ketones (excluding diaryl/α,β-unsaturated/α-hetero) is 1. The van der Waals surface area contributed by atoms with Crippen LogP contribution in [-0.2, 0) is 4.74 Å². The smallest absolute Gasteiger partial charge is 0.178 e. The first-order chi connectivity index (χ1) is 14.5. The normalized spacial score (nSPS) is 16.9. The summed E-state index contributed by atoms with van der Waals surface area (Å²) in [7, 11) is 1.72. The number of rotatable bonds is 9. The van der Waals surface area contributed by atoms with E-state index < -0.39 is 0 Å². The maximum Gasteiger partial charge on any atom is 0.178 e. The van der Waals surface area contributed by atoms with Crippen molar-refractivity contribution >= 4 is 11.9 Å². The summed E-state index contributed by atoms with van der Waals surface area (Å²) in [6.07, 6.45) is 4.41. The lowest BCUT2D eigenvalue weighted by atomic mass is 10.1. The fraction of sp³-hybridized carbons (Fsp3) is 0.480. The zero-order valence-corrected chi connectivity index (χ0v) is 18.8. The molecule has 1 fully saturated rings. The average molecular weight is 410 g/mol. The van der Waals surface area contributed by atoms with Gasteiger partial charge < -0.3 is 9.30 Å². The number of aryl methyl sites for hydroxylation is 1. The first-order valence-corrected chi connectivity index (χ1v) is 10.9. The second-order valence-corrected chi connectivity index (χ2v) is 8.27. The molecule has 30 heavy (non-hydrogen) atoms. The molecule has 1 aromatic heterocycles. The summed E-state index contributed by atoms with van der Waals surface area (Å²) >= 11 is 0. The molecule has 2 aromatic rings. The molecule has 5 nitrogen and oxygen atoms in total. The molecule has 0 spiro atoms.